The molecule has 0 radical (unpaired) electrons. The Balaban J connectivity index is 1.30. The van der Waals surface area contributed by atoms with Crippen molar-refractivity contribution >= 4 is 42.6 Å². The zero-order valence-electron chi connectivity index (χ0n) is 16.8. The fourth-order valence-corrected chi connectivity index (χ4v) is 6.22. The van der Waals surface area contributed by atoms with Gasteiger partial charge in [0.2, 0.25) is 22.7 Å². The van der Waals surface area contributed by atoms with E-state index in [4.69, 9.17) is 9.47 Å². The number of sulfonamides is 1. The van der Waals surface area contributed by atoms with Crippen LogP contribution in [0.2, 0.25) is 0 Å². The molecule has 31 heavy (non-hydrogen) atoms. The van der Waals surface area contributed by atoms with Crippen molar-refractivity contribution < 1.29 is 22.7 Å². The number of thiazole rings is 1. The molecule has 10 heteroatoms. The first-order valence-electron chi connectivity index (χ1n) is 9.98. The molecule has 3 heterocycles. The van der Waals surface area contributed by atoms with Crippen LogP contribution in [0.25, 0.3) is 10.2 Å². The van der Waals surface area contributed by atoms with E-state index in [1.807, 2.05) is 13.0 Å². The first-order chi connectivity index (χ1) is 14.9. The summed E-state index contributed by atoms with van der Waals surface area (Å²) in [6.07, 6.45) is 1.26. The van der Waals surface area contributed by atoms with Crippen LogP contribution in [0.1, 0.15) is 18.4 Å². The first kappa shape index (κ1) is 20.2. The lowest BCUT2D eigenvalue weighted by molar-refractivity contribution is -0.120. The van der Waals surface area contributed by atoms with Gasteiger partial charge in [0.25, 0.3) is 0 Å². The highest BCUT2D eigenvalue weighted by Gasteiger charge is 2.33. The van der Waals surface area contributed by atoms with E-state index in [1.165, 1.54) is 15.6 Å². The molecule has 3 aromatic rings. The summed E-state index contributed by atoms with van der Waals surface area (Å²) >= 11 is 1.35. The van der Waals surface area contributed by atoms with E-state index in [0.29, 0.717) is 36.0 Å². The van der Waals surface area contributed by atoms with Crippen LogP contribution in [0.15, 0.2) is 41.3 Å². The lowest BCUT2D eigenvalue weighted by Crippen LogP contribution is -2.43. The standard InChI is InChI=1S/C21H21N3O5S2/c1-13-4-6-15(7-5-13)31(26,27)24-8-2-3-14(11-24)20(25)23-21-22-16-9-17-18(29-12-28-17)10-19(16)30-21/h4-7,9-10,14H,2-3,8,11-12H2,1H3,(H,22,23,25). The third kappa shape index (κ3) is 3.86. The third-order valence-electron chi connectivity index (χ3n) is 5.53. The van der Waals surface area contributed by atoms with E-state index in [1.54, 1.807) is 30.3 Å². The molecule has 0 spiro atoms. The third-order valence-corrected chi connectivity index (χ3v) is 8.34. The average Bonchev–Trinajstić information content (AvgIpc) is 3.37. The number of nitrogens with one attached hydrogen (secondary N) is 1. The number of hydrogen-bond acceptors (Lipinski definition) is 7. The predicted molar refractivity (Wildman–Crippen MR) is 117 cm³/mol. The highest BCUT2D eigenvalue weighted by molar-refractivity contribution is 7.89. The molecule has 0 saturated carbocycles. The molecule has 1 amide bonds. The Morgan fingerprint density at radius 3 is 2.71 bits per heavy atom. The Kier molecular flexibility index (Phi) is 5.07. The van der Waals surface area contributed by atoms with E-state index in [9.17, 15) is 13.2 Å². The molecule has 8 nitrogen and oxygen atoms in total. The maximum atomic E-state index is 13.0. The Morgan fingerprint density at radius 1 is 1.19 bits per heavy atom. The Hall–Kier alpha value is -2.69. The molecule has 0 aliphatic carbocycles. The normalized spacial score (nSPS) is 18.9. The maximum absolute atomic E-state index is 13.0. The van der Waals surface area contributed by atoms with Crippen LogP contribution in [-0.4, -0.2) is 43.5 Å². The largest absolute Gasteiger partial charge is 0.454 e. The number of benzene rings is 2. The minimum atomic E-state index is -3.63. The van der Waals surface area contributed by atoms with E-state index in [2.05, 4.69) is 10.3 Å². The number of fused-ring (bicyclic) bond motifs is 2. The summed E-state index contributed by atoms with van der Waals surface area (Å²) in [5.41, 5.74) is 1.71. The molecule has 1 saturated heterocycles. The summed E-state index contributed by atoms with van der Waals surface area (Å²) in [4.78, 5) is 17.6. The van der Waals surface area contributed by atoms with E-state index < -0.39 is 15.9 Å². The van der Waals surface area contributed by atoms with Crippen LogP contribution in [0.5, 0.6) is 11.5 Å². The second-order valence-corrected chi connectivity index (χ2v) is 10.7. The summed E-state index contributed by atoms with van der Waals surface area (Å²) in [6, 6.07) is 10.4. The second kappa shape index (κ2) is 7.77. The second-order valence-electron chi connectivity index (χ2n) is 7.70. The summed E-state index contributed by atoms with van der Waals surface area (Å²) in [5, 5.41) is 3.33. The minimum Gasteiger partial charge on any atom is -0.454 e. The number of amides is 1. The molecule has 1 aromatic heterocycles. The van der Waals surface area contributed by atoms with Crippen molar-refractivity contribution in [2.75, 3.05) is 25.2 Å². The molecule has 1 atom stereocenters. The molecule has 1 N–H and O–H groups in total. The van der Waals surface area contributed by atoms with Crippen molar-refractivity contribution in [3.8, 4) is 11.5 Å². The Labute approximate surface area is 183 Å². The molecule has 0 bridgehead atoms. The number of anilines is 1. The van der Waals surface area contributed by atoms with Crippen LogP contribution < -0.4 is 14.8 Å². The van der Waals surface area contributed by atoms with Gasteiger partial charge in [-0.25, -0.2) is 13.4 Å². The predicted octanol–water partition coefficient (Wildman–Crippen LogP) is 3.37. The SMILES string of the molecule is Cc1ccc(S(=O)(=O)N2CCCC(C(=O)Nc3nc4cc5c(cc4s3)OCO5)C2)cc1. The number of rotatable bonds is 4. The lowest BCUT2D eigenvalue weighted by atomic mass is 9.99. The van der Waals surface area contributed by atoms with Crippen LogP contribution >= 0.6 is 11.3 Å². The van der Waals surface area contributed by atoms with Crippen LogP contribution in [0.3, 0.4) is 0 Å². The molecule has 162 valence electrons. The van der Waals surface area contributed by atoms with Crippen molar-refractivity contribution in [3.63, 3.8) is 0 Å². The molecule has 2 aromatic carbocycles. The number of aryl methyl sites for hydroxylation is 1. The van der Waals surface area contributed by atoms with Gasteiger partial charge in [0.1, 0.15) is 0 Å². The zero-order chi connectivity index (χ0) is 21.6. The van der Waals surface area contributed by atoms with Crippen molar-refractivity contribution in [1.29, 1.82) is 0 Å². The number of carbonyl (C=O) groups excluding carboxylic acids is 1. The molecule has 2 aliphatic heterocycles. The smallest absolute Gasteiger partial charge is 0.243 e. The molecule has 2 aliphatic rings. The first-order valence-corrected chi connectivity index (χ1v) is 12.2. The van der Waals surface area contributed by atoms with Gasteiger partial charge in [-0.05, 0) is 31.9 Å². The van der Waals surface area contributed by atoms with Gasteiger partial charge in [-0.2, -0.15) is 4.31 Å². The van der Waals surface area contributed by atoms with E-state index in [-0.39, 0.29) is 24.1 Å². The minimum absolute atomic E-state index is 0.156. The van der Waals surface area contributed by atoms with Gasteiger partial charge >= 0.3 is 0 Å². The van der Waals surface area contributed by atoms with E-state index in [0.717, 1.165) is 15.8 Å². The van der Waals surface area contributed by atoms with Gasteiger partial charge in [0, 0.05) is 25.2 Å². The van der Waals surface area contributed by atoms with Crippen LogP contribution in [0.4, 0.5) is 5.13 Å². The number of piperidine rings is 1. The number of hydrogen-bond donors (Lipinski definition) is 1. The molecule has 1 unspecified atom stereocenters. The maximum Gasteiger partial charge on any atom is 0.243 e. The summed E-state index contributed by atoms with van der Waals surface area (Å²) < 4.78 is 39.0. The average molecular weight is 460 g/mol. The molecular weight excluding hydrogens is 438 g/mol. The van der Waals surface area contributed by atoms with Crippen molar-refractivity contribution in [3.05, 3.63) is 42.0 Å². The Bertz CT molecular complexity index is 1210. The van der Waals surface area contributed by atoms with E-state index >= 15 is 0 Å². The van der Waals surface area contributed by atoms with Crippen molar-refractivity contribution in [1.82, 2.24) is 9.29 Å². The lowest BCUT2D eigenvalue weighted by Gasteiger charge is -2.31. The van der Waals surface area contributed by atoms with Gasteiger partial charge in [-0.3, -0.25) is 4.79 Å². The fourth-order valence-electron chi connectivity index (χ4n) is 3.81. The van der Waals surface area contributed by atoms with Gasteiger partial charge in [-0.1, -0.05) is 29.0 Å². The van der Waals surface area contributed by atoms with Gasteiger partial charge in [0.05, 0.1) is 21.0 Å². The van der Waals surface area contributed by atoms with Gasteiger partial charge in [-0.15, -0.1) is 0 Å². The highest BCUT2D eigenvalue weighted by atomic mass is 32.2. The van der Waals surface area contributed by atoms with Crippen LogP contribution in [-0.2, 0) is 14.8 Å². The number of carbonyl (C=O) groups is 1. The van der Waals surface area contributed by atoms with Gasteiger partial charge in [0.15, 0.2) is 16.6 Å². The fraction of sp³-hybridized carbons (Fsp3) is 0.333. The summed E-state index contributed by atoms with van der Waals surface area (Å²) in [5.74, 6) is 0.652. The monoisotopic (exact) mass is 459 g/mol. The zero-order valence-corrected chi connectivity index (χ0v) is 18.5. The topological polar surface area (TPSA) is 97.8 Å². The number of ether oxygens (including phenoxy) is 2. The van der Waals surface area contributed by atoms with Crippen molar-refractivity contribution in [2.45, 2.75) is 24.7 Å². The Morgan fingerprint density at radius 2 is 1.94 bits per heavy atom. The molecule has 1 fully saturated rings. The van der Waals surface area contributed by atoms with Crippen LogP contribution in [0, 0.1) is 12.8 Å². The number of nitrogens with zero attached hydrogens (tertiary/aromatic N) is 2. The molecule has 5 rings (SSSR count). The summed E-state index contributed by atoms with van der Waals surface area (Å²) in [7, 11) is -3.63. The highest BCUT2D eigenvalue weighted by Crippen LogP contribution is 2.39. The summed E-state index contributed by atoms with van der Waals surface area (Å²) in [6.45, 7) is 2.67. The van der Waals surface area contributed by atoms with Gasteiger partial charge < -0.3 is 14.8 Å². The van der Waals surface area contributed by atoms with Crippen molar-refractivity contribution in [2.24, 2.45) is 5.92 Å². The number of aromatic nitrogens is 1. The molecular formula is C21H21N3O5S2. The quantitative estimate of drug-likeness (QED) is 0.642.